The molecule has 0 radical (unpaired) electrons. The van der Waals surface area contributed by atoms with Gasteiger partial charge < -0.3 is 14.8 Å². The van der Waals surface area contributed by atoms with Crippen LogP contribution in [-0.4, -0.2) is 25.9 Å². The van der Waals surface area contributed by atoms with Crippen molar-refractivity contribution < 1.29 is 9.47 Å². The van der Waals surface area contributed by atoms with Gasteiger partial charge in [0.1, 0.15) is 0 Å². The molecule has 1 aromatic carbocycles. The molecule has 3 rings (SSSR count). The van der Waals surface area contributed by atoms with Crippen molar-refractivity contribution in [1.29, 1.82) is 0 Å². The van der Waals surface area contributed by atoms with Crippen molar-refractivity contribution >= 4 is 21.4 Å². The topological polar surface area (TPSA) is 30.5 Å². The summed E-state index contributed by atoms with van der Waals surface area (Å²) in [6.45, 7) is 6.32. The number of hydrogen-bond donors (Lipinski definition) is 1. The van der Waals surface area contributed by atoms with Crippen LogP contribution in [0.15, 0.2) is 24.3 Å². The Kier molecular flexibility index (Phi) is 4.68. The second-order valence-electron chi connectivity index (χ2n) is 5.08. The number of nitrogens with one attached hydrogen (secondary N) is 1. The third kappa shape index (κ3) is 3.04. The van der Waals surface area contributed by atoms with E-state index in [9.17, 15) is 0 Å². The highest BCUT2D eigenvalue weighted by molar-refractivity contribution is 7.19. The van der Waals surface area contributed by atoms with Crippen molar-refractivity contribution in [3.05, 3.63) is 34.7 Å². The minimum absolute atomic E-state index is 0.264. The molecule has 1 atom stereocenters. The molecule has 0 amide bonds. The molecule has 108 valence electrons. The molecule has 1 aliphatic heterocycles. The molecule has 1 saturated heterocycles. The first kappa shape index (κ1) is 14.0. The normalized spacial score (nSPS) is 18.9. The first-order valence-electron chi connectivity index (χ1n) is 7.28. The Morgan fingerprint density at radius 1 is 1.40 bits per heavy atom. The zero-order valence-electron chi connectivity index (χ0n) is 11.9. The van der Waals surface area contributed by atoms with E-state index < -0.39 is 0 Å². The summed E-state index contributed by atoms with van der Waals surface area (Å²) in [5, 5.41) is 4.76. The SMILES string of the molecule is CCNCc1sc2ccccc2c1COC1CCOC1. The van der Waals surface area contributed by atoms with E-state index in [0.29, 0.717) is 6.61 Å². The van der Waals surface area contributed by atoms with Crippen LogP contribution in [0.25, 0.3) is 10.1 Å². The third-order valence-electron chi connectivity index (χ3n) is 3.67. The summed E-state index contributed by atoms with van der Waals surface area (Å²) in [6.07, 6.45) is 1.28. The van der Waals surface area contributed by atoms with Gasteiger partial charge in [-0.3, -0.25) is 0 Å². The molecule has 1 aliphatic rings. The van der Waals surface area contributed by atoms with Gasteiger partial charge in [0.25, 0.3) is 0 Å². The summed E-state index contributed by atoms with van der Waals surface area (Å²) in [6, 6.07) is 8.60. The van der Waals surface area contributed by atoms with Crippen LogP contribution < -0.4 is 5.32 Å². The minimum atomic E-state index is 0.264. The summed E-state index contributed by atoms with van der Waals surface area (Å²) >= 11 is 1.87. The smallest absolute Gasteiger partial charge is 0.0835 e. The molecule has 1 aromatic heterocycles. The highest BCUT2D eigenvalue weighted by Crippen LogP contribution is 2.32. The van der Waals surface area contributed by atoms with Crippen LogP contribution in [0.1, 0.15) is 23.8 Å². The Labute approximate surface area is 123 Å². The van der Waals surface area contributed by atoms with Gasteiger partial charge in [-0.15, -0.1) is 11.3 Å². The van der Waals surface area contributed by atoms with Gasteiger partial charge in [0.15, 0.2) is 0 Å². The van der Waals surface area contributed by atoms with Crippen LogP contribution in [-0.2, 0) is 22.6 Å². The number of fused-ring (bicyclic) bond motifs is 1. The molecular weight excluding hydrogens is 270 g/mol. The van der Waals surface area contributed by atoms with Crippen molar-refractivity contribution in [1.82, 2.24) is 5.32 Å². The molecule has 1 unspecified atom stereocenters. The van der Waals surface area contributed by atoms with Gasteiger partial charge in [-0.2, -0.15) is 0 Å². The van der Waals surface area contributed by atoms with E-state index >= 15 is 0 Å². The van der Waals surface area contributed by atoms with E-state index in [2.05, 4.69) is 36.5 Å². The average molecular weight is 291 g/mol. The second-order valence-corrected chi connectivity index (χ2v) is 6.21. The van der Waals surface area contributed by atoms with Gasteiger partial charge in [-0.1, -0.05) is 25.1 Å². The van der Waals surface area contributed by atoms with E-state index in [-0.39, 0.29) is 6.10 Å². The molecule has 2 heterocycles. The van der Waals surface area contributed by atoms with Gasteiger partial charge in [0.05, 0.1) is 19.3 Å². The van der Waals surface area contributed by atoms with Crippen molar-refractivity contribution in [2.24, 2.45) is 0 Å². The lowest BCUT2D eigenvalue weighted by Gasteiger charge is -2.11. The largest absolute Gasteiger partial charge is 0.379 e. The number of hydrogen-bond acceptors (Lipinski definition) is 4. The molecule has 0 bridgehead atoms. The lowest BCUT2D eigenvalue weighted by atomic mass is 10.1. The fourth-order valence-corrected chi connectivity index (χ4v) is 3.71. The zero-order valence-corrected chi connectivity index (χ0v) is 12.7. The Bertz CT molecular complexity index is 561. The third-order valence-corrected chi connectivity index (χ3v) is 4.88. The standard InChI is InChI=1S/C16H21NO2S/c1-2-17-9-16-14(11-19-12-7-8-18-10-12)13-5-3-4-6-15(13)20-16/h3-6,12,17H,2,7-11H2,1H3. The number of benzene rings is 1. The molecule has 1 fully saturated rings. The molecule has 0 spiro atoms. The minimum Gasteiger partial charge on any atom is -0.379 e. The van der Waals surface area contributed by atoms with Crippen molar-refractivity contribution in [3.8, 4) is 0 Å². The lowest BCUT2D eigenvalue weighted by Crippen LogP contribution is -2.14. The maximum Gasteiger partial charge on any atom is 0.0835 e. The predicted octanol–water partition coefficient (Wildman–Crippen LogP) is 3.32. The Balaban J connectivity index is 1.81. The van der Waals surface area contributed by atoms with Crippen LogP contribution >= 0.6 is 11.3 Å². The highest BCUT2D eigenvalue weighted by atomic mass is 32.1. The lowest BCUT2D eigenvalue weighted by molar-refractivity contribution is 0.0321. The molecule has 4 heteroatoms. The molecule has 20 heavy (non-hydrogen) atoms. The fourth-order valence-electron chi connectivity index (χ4n) is 2.53. The monoisotopic (exact) mass is 291 g/mol. The summed E-state index contributed by atoms with van der Waals surface area (Å²) in [5.41, 5.74) is 1.35. The van der Waals surface area contributed by atoms with Gasteiger partial charge in [0, 0.05) is 28.3 Å². The fraction of sp³-hybridized carbons (Fsp3) is 0.500. The van der Waals surface area contributed by atoms with E-state index in [0.717, 1.165) is 32.7 Å². The summed E-state index contributed by atoms with van der Waals surface area (Å²) in [4.78, 5) is 1.40. The second kappa shape index (κ2) is 6.68. The van der Waals surface area contributed by atoms with E-state index in [4.69, 9.17) is 9.47 Å². The molecule has 3 nitrogen and oxygen atoms in total. The number of thiophene rings is 1. The van der Waals surface area contributed by atoms with Crippen LogP contribution in [0.5, 0.6) is 0 Å². The van der Waals surface area contributed by atoms with Gasteiger partial charge in [0.2, 0.25) is 0 Å². The van der Waals surface area contributed by atoms with Crippen molar-refractivity contribution in [3.63, 3.8) is 0 Å². The Morgan fingerprint density at radius 2 is 2.30 bits per heavy atom. The summed E-state index contributed by atoms with van der Waals surface area (Å²) < 4.78 is 12.8. The molecule has 0 saturated carbocycles. The molecule has 2 aromatic rings. The number of rotatable bonds is 6. The highest BCUT2D eigenvalue weighted by Gasteiger charge is 2.18. The first-order chi connectivity index (χ1) is 9.88. The Hall–Kier alpha value is -0.940. The maximum atomic E-state index is 6.03. The van der Waals surface area contributed by atoms with Crippen molar-refractivity contribution in [2.45, 2.75) is 32.6 Å². The van der Waals surface area contributed by atoms with E-state index in [1.807, 2.05) is 11.3 Å². The van der Waals surface area contributed by atoms with Crippen molar-refractivity contribution in [2.75, 3.05) is 19.8 Å². The number of ether oxygens (including phenoxy) is 2. The maximum absolute atomic E-state index is 6.03. The molecular formula is C16H21NO2S. The Morgan fingerprint density at radius 3 is 3.10 bits per heavy atom. The first-order valence-corrected chi connectivity index (χ1v) is 8.09. The van der Waals surface area contributed by atoms with Gasteiger partial charge in [-0.05, 0) is 24.4 Å². The molecule has 1 N–H and O–H groups in total. The van der Waals surface area contributed by atoms with Gasteiger partial charge in [-0.25, -0.2) is 0 Å². The summed E-state index contributed by atoms with van der Waals surface area (Å²) in [5.74, 6) is 0. The average Bonchev–Trinajstić information content (AvgIpc) is 3.10. The van der Waals surface area contributed by atoms with Crippen LogP contribution in [0.4, 0.5) is 0 Å². The zero-order chi connectivity index (χ0) is 13.8. The van der Waals surface area contributed by atoms with E-state index in [1.165, 1.54) is 20.5 Å². The quantitative estimate of drug-likeness (QED) is 0.885. The van der Waals surface area contributed by atoms with E-state index in [1.54, 1.807) is 0 Å². The predicted molar refractivity (Wildman–Crippen MR) is 83.2 cm³/mol. The van der Waals surface area contributed by atoms with Crippen LogP contribution in [0.2, 0.25) is 0 Å². The van der Waals surface area contributed by atoms with Crippen LogP contribution in [0, 0.1) is 0 Å². The molecule has 0 aliphatic carbocycles. The van der Waals surface area contributed by atoms with Crippen LogP contribution in [0.3, 0.4) is 0 Å². The summed E-state index contributed by atoms with van der Waals surface area (Å²) in [7, 11) is 0. The van der Waals surface area contributed by atoms with Gasteiger partial charge >= 0.3 is 0 Å².